The van der Waals surface area contributed by atoms with Gasteiger partial charge in [0, 0.05) is 5.69 Å². The number of fused-ring (bicyclic) bond motifs is 1. The molecule has 0 aliphatic rings. The quantitative estimate of drug-likeness (QED) is 0.251. The van der Waals surface area contributed by atoms with Crippen LogP contribution in [0.25, 0.3) is 10.2 Å². The summed E-state index contributed by atoms with van der Waals surface area (Å²) in [7, 11) is -4.07. The molecule has 0 saturated heterocycles. The Labute approximate surface area is 242 Å². The van der Waals surface area contributed by atoms with Crippen molar-refractivity contribution in [1.82, 2.24) is 15.0 Å². The van der Waals surface area contributed by atoms with Gasteiger partial charge in [-0.15, -0.1) is 11.3 Å². The van der Waals surface area contributed by atoms with Crippen LogP contribution in [0.3, 0.4) is 0 Å². The van der Waals surface area contributed by atoms with E-state index < -0.39 is 33.7 Å². The van der Waals surface area contributed by atoms with E-state index in [1.54, 1.807) is 45.0 Å². The fourth-order valence-electron chi connectivity index (χ4n) is 3.89. The fraction of sp³-hybridized carbons (Fsp3) is 0.241. The molecular weight excluding hydrogens is 562 g/mol. The Morgan fingerprint density at radius 1 is 1.05 bits per heavy atom. The predicted molar refractivity (Wildman–Crippen MR) is 157 cm³/mol. The number of ether oxygens (including phenoxy) is 1. The van der Waals surface area contributed by atoms with Crippen molar-refractivity contribution >= 4 is 49.3 Å². The highest BCUT2D eigenvalue weighted by Crippen LogP contribution is 2.30. The molecule has 0 aliphatic heterocycles. The smallest absolute Gasteiger partial charge is 0.408 e. The second kappa shape index (κ2) is 12.5. The molecule has 0 fully saturated rings. The standard InChI is InChI=1S/C29H29N5O5S2/c1-29(2,3)39-28(36)31-18-26(35)32-21-10-7-11-22(16-21)41(37,38)34-24(15-19-8-6-9-20(14-19)17-30)27-33-23-12-4-5-13-25(23)40-27/h4-14,16,24,34H,15,18H2,1-3H3,(H,31,36)(H,32,35). The SMILES string of the molecule is CC(C)(C)OC(=O)NCC(=O)Nc1cccc(S(=O)(=O)NC(Cc2cccc(C#N)c2)c2nc3ccccc3s2)c1. The lowest BCUT2D eigenvalue weighted by atomic mass is 10.0. The second-order valence-electron chi connectivity index (χ2n) is 10.1. The Bertz CT molecular complexity index is 1690. The first kappa shape index (κ1) is 29.7. The Kier molecular flexibility index (Phi) is 9.02. The third-order valence-corrected chi connectivity index (χ3v) is 8.24. The van der Waals surface area contributed by atoms with Crippen LogP contribution in [-0.2, 0) is 26.0 Å². The van der Waals surface area contributed by atoms with Gasteiger partial charge in [0.15, 0.2) is 0 Å². The number of hydrogen-bond donors (Lipinski definition) is 3. The zero-order chi connectivity index (χ0) is 29.6. The first-order chi connectivity index (χ1) is 19.4. The van der Waals surface area contributed by atoms with Gasteiger partial charge in [-0.25, -0.2) is 22.9 Å². The molecule has 3 aromatic carbocycles. The number of carbonyl (C=O) groups excluding carboxylic acids is 2. The number of rotatable bonds is 9. The van der Waals surface area contributed by atoms with Crippen LogP contribution < -0.4 is 15.4 Å². The molecule has 2 amide bonds. The first-order valence-electron chi connectivity index (χ1n) is 12.7. The number of benzene rings is 3. The van der Waals surface area contributed by atoms with Gasteiger partial charge in [0.05, 0.1) is 32.8 Å². The zero-order valence-electron chi connectivity index (χ0n) is 22.7. The number of alkyl carbamates (subject to hydrolysis) is 1. The van der Waals surface area contributed by atoms with Crippen LogP contribution in [0, 0.1) is 11.3 Å². The van der Waals surface area contributed by atoms with Gasteiger partial charge in [0.2, 0.25) is 15.9 Å². The van der Waals surface area contributed by atoms with Crippen molar-refractivity contribution < 1.29 is 22.7 Å². The Hall–Kier alpha value is -4.31. The van der Waals surface area contributed by atoms with E-state index in [9.17, 15) is 23.3 Å². The van der Waals surface area contributed by atoms with E-state index in [1.807, 2.05) is 30.3 Å². The summed E-state index contributed by atoms with van der Waals surface area (Å²) in [5, 5.41) is 14.8. The fourth-order valence-corrected chi connectivity index (χ4v) is 6.23. The van der Waals surface area contributed by atoms with Gasteiger partial charge in [0.1, 0.15) is 17.2 Å². The Morgan fingerprint density at radius 3 is 2.54 bits per heavy atom. The summed E-state index contributed by atoms with van der Waals surface area (Å²) >= 11 is 1.39. The largest absolute Gasteiger partial charge is 0.444 e. The molecule has 0 spiro atoms. The highest BCUT2D eigenvalue weighted by atomic mass is 32.2. The van der Waals surface area contributed by atoms with E-state index in [2.05, 4.69) is 26.4 Å². The highest BCUT2D eigenvalue weighted by molar-refractivity contribution is 7.89. The minimum absolute atomic E-state index is 0.0627. The van der Waals surface area contributed by atoms with Crippen molar-refractivity contribution in [3.63, 3.8) is 0 Å². The van der Waals surface area contributed by atoms with Gasteiger partial charge in [-0.05, 0) is 75.2 Å². The normalized spacial score (nSPS) is 12.3. The summed E-state index contributed by atoms with van der Waals surface area (Å²) in [6, 6.07) is 21.7. The van der Waals surface area contributed by atoms with E-state index in [1.165, 1.54) is 29.5 Å². The molecule has 10 nitrogen and oxygen atoms in total. The second-order valence-corrected chi connectivity index (χ2v) is 12.9. The number of para-hydroxylation sites is 1. The molecule has 4 rings (SSSR count). The van der Waals surface area contributed by atoms with Crippen LogP contribution in [0.4, 0.5) is 10.5 Å². The van der Waals surface area contributed by atoms with Gasteiger partial charge in [-0.3, -0.25) is 4.79 Å². The number of nitriles is 1. The van der Waals surface area contributed by atoms with Crippen LogP contribution in [-0.4, -0.2) is 37.5 Å². The summed E-state index contributed by atoms with van der Waals surface area (Å²) in [5.41, 5.74) is 1.53. The molecule has 0 saturated carbocycles. The van der Waals surface area contributed by atoms with Gasteiger partial charge in [-0.2, -0.15) is 5.26 Å². The van der Waals surface area contributed by atoms with Crippen LogP contribution in [0.5, 0.6) is 0 Å². The van der Waals surface area contributed by atoms with Gasteiger partial charge >= 0.3 is 6.09 Å². The van der Waals surface area contributed by atoms with Crippen LogP contribution in [0.1, 0.15) is 42.9 Å². The number of nitrogens with one attached hydrogen (secondary N) is 3. The Balaban J connectivity index is 1.53. The number of sulfonamides is 1. The van der Waals surface area contributed by atoms with Crippen molar-refractivity contribution in [3.05, 3.63) is 88.9 Å². The third kappa shape index (κ3) is 8.34. The maximum Gasteiger partial charge on any atom is 0.408 e. The molecule has 3 N–H and O–H groups in total. The maximum atomic E-state index is 13.6. The van der Waals surface area contributed by atoms with Crippen LogP contribution in [0.15, 0.2) is 77.7 Å². The minimum Gasteiger partial charge on any atom is -0.444 e. The summed E-state index contributed by atoms with van der Waals surface area (Å²) in [5.74, 6) is -0.553. The highest BCUT2D eigenvalue weighted by Gasteiger charge is 2.25. The summed E-state index contributed by atoms with van der Waals surface area (Å²) < 4.78 is 35.9. The first-order valence-corrected chi connectivity index (χ1v) is 15.0. The van der Waals surface area contributed by atoms with Crippen molar-refractivity contribution in [2.24, 2.45) is 0 Å². The van der Waals surface area contributed by atoms with Gasteiger partial charge in [0.25, 0.3) is 0 Å². The number of aromatic nitrogens is 1. The molecular formula is C29H29N5O5S2. The molecule has 1 unspecified atom stereocenters. The van der Waals surface area contributed by atoms with Crippen molar-refractivity contribution in [3.8, 4) is 6.07 Å². The van der Waals surface area contributed by atoms with Crippen LogP contribution in [0.2, 0.25) is 0 Å². The van der Waals surface area contributed by atoms with Crippen molar-refractivity contribution in [2.75, 3.05) is 11.9 Å². The van der Waals surface area contributed by atoms with Crippen molar-refractivity contribution in [2.45, 2.75) is 43.7 Å². The van der Waals surface area contributed by atoms with E-state index in [0.717, 1.165) is 15.8 Å². The molecule has 0 aliphatic carbocycles. The zero-order valence-corrected chi connectivity index (χ0v) is 24.3. The van der Waals surface area contributed by atoms with Crippen molar-refractivity contribution in [1.29, 1.82) is 5.26 Å². The number of anilines is 1. The lowest BCUT2D eigenvalue weighted by Crippen LogP contribution is -2.37. The average molecular weight is 592 g/mol. The average Bonchev–Trinajstić information content (AvgIpc) is 3.35. The van der Waals surface area contributed by atoms with E-state index >= 15 is 0 Å². The lowest BCUT2D eigenvalue weighted by Gasteiger charge is -2.19. The molecule has 0 radical (unpaired) electrons. The molecule has 4 aromatic rings. The number of amides is 2. The lowest BCUT2D eigenvalue weighted by molar-refractivity contribution is -0.115. The monoisotopic (exact) mass is 591 g/mol. The van der Waals surface area contributed by atoms with Crippen LogP contribution >= 0.6 is 11.3 Å². The molecule has 41 heavy (non-hydrogen) atoms. The molecule has 12 heteroatoms. The summed E-state index contributed by atoms with van der Waals surface area (Å²) in [6.07, 6.45) is -0.476. The summed E-state index contributed by atoms with van der Waals surface area (Å²) in [4.78, 5) is 28.8. The molecule has 1 heterocycles. The topological polar surface area (TPSA) is 150 Å². The van der Waals surface area contributed by atoms with E-state index in [0.29, 0.717) is 10.6 Å². The van der Waals surface area contributed by atoms with Gasteiger partial charge in [-0.1, -0.05) is 30.3 Å². The van der Waals surface area contributed by atoms with E-state index in [4.69, 9.17) is 4.74 Å². The predicted octanol–water partition coefficient (Wildman–Crippen LogP) is 4.89. The molecule has 1 aromatic heterocycles. The number of thiazole rings is 1. The molecule has 0 bridgehead atoms. The molecule has 1 atom stereocenters. The Morgan fingerprint density at radius 2 is 1.80 bits per heavy atom. The number of hydrogen-bond acceptors (Lipinski definition) is 8. The maximum absolute atomic E-state index is 13.6. The summed E-state index contributed by atoms with van der Waals surface area (Å²) in [6.45, 7) is 4.76. The molecule has 212 valence electrons. The minimum atomic E-state index is -4.07. The number of carbonyl (C=O) groups is 2. The number of nitrogens with zero attached hydrogens (tertiary/aromatic N) is 2. The third-order valence-electron chi connectivity index (χ3n) is 5.62. The van der Waals surface area contributed by atoms with E-state index in [-0.39, 0.29) is 23.5 Å². The van der Waals surface area contributed by atoms with Gasteiger partial charge < -0.3 is 15.4 Å².